The van der Waals surface area contributed by atoms with Crippen molar-refractivity contribution >= 4 is 0 Å². The minimum Gasteiger partial charge on any atom is -0.382 e. The van der Waals surface area contributed by atoms with E-state index < -0.39 is 12.3 Å². The standard InChI is InChI=1S/C11H23NO5/c1-4-15-9-7(6-14-3)17-11(13)8(12)10(9)16-5-2/h7-11,13H,4-6,12H2,1-3H3/t7-,8-,9-,10-,11?/m1/s1. The number of aliphatic hydroxyl groups excluding tert-OH is 1. The average molecular weight is 249 g/mol. The van der Waals surface area contributed by atoms with Crippen molar-refractivity contribution in [1.82, 2.24) is 0 Å². The monoisotopic (exact) mass is 249 g/mol. The number of hydrogen-bond acceptors (Lipinski definition) is 6. The summed E-state index contributed by atoms with van der Waals surface area (Å²) in [6.45, 7) is 5.14. The first-order chi connectivity index (χ1) is 8.15. The van der Waals surface area contributed by atoms with Crippen LogP contribution in [0, 0.1) is 0 Å². The van der Waals surface area contributed by atoms with E-state index in [-0.39, 0.29) is 18.3 Å². The molecule has 5 atom stereocenters. The van der Waals surface area contributed by atoms with E-state index in [1.54, 1.807) is 7.11 Å². The van der Waals surface area contributed by atoms with Gasteiger partial charge in [-0.1, -0.05) is 0 Å². The highest BCUT2D eigenvalue weighted by molar-refractivity contribution is 4.93. The molecule has 0 spiro atoms. The number of nitrogens with two attached hydrogens (primary N) is 1. The second-order valence-corrected chi connectivity index (χ2v) is 3.94. The molecular weight excluding hydrogens is 226 g/mol. The molecule has 0 radical (unpaired) electrons. The van der Waals surface area contributed by atoms with Gasteiger partial charge in [0.1, 0.15) is 18.3 Å². The van der Waals surface area contributed by atoms with Crippen LogP contribution in [0.3, 0.4) is 0 Å². The first kappa shape index (κ1) is 14.8. The van der Waals surface area contributed by atoms with E-state index in [0.717, 1.165) is 0 Å². The third-order valence-electron chi connectivity index (χ3n) is 2.76. The molecule has 6 heteroatoms. The maximum Gasteiger partial charge on any atom is 0.173 e. The Kier molecular flexibility index (Phi) is 6.32. The van der Waals surface area contributed by atoms with Gasteiger partial charge in [0.2, 0.25) is 0 Å². The Morgan fingerprint density at radius 1 is 1.18 bits per heavy atom. The number of ether oxygens (including phenoxy) is 4. The van der Waals surface area contributed by atoms with E-state index in [9.17, 15) is 5.11 Å². The fourth-order valence-corrected chi connectivity index (χ4v) is 2.03. The zero-order chi connectivity index (χ0) is 12.8. The molecule has 1 rings (SSSR count). The molecular formula is C11H23NO5. The zero-order valence-corrected chi connectivity index (χ0v) is 10.7. The second kappa shape index (κ2) is 7.25. The van der Waals surface area contributed by atoms with Crippen LogP contribution in [0.15, 0.2) is 0 Å². The van der Waals surface area contributed by atoms with Gasteiger partial charge in [-0.2, -0.15) is 0 Å². The fourth-order valence-electron chi connectivity index (χ4n) is 2.03. The van der Waals surface area contributed by atoms with Crippen molar-refractivity contribution in [2.24, 2.45) is 5.73 Å². The molecule has 1 unspecified atom stereocenters. The summed E-state index contributed by atoms with van der Waals surface area (Å²) in [6, 6.07) is -0.611. The smallest absolute Gasteiger partial charge is 0.173 e. The molecule has 102 valence electrons. The number of aliphatic hydroxyl groups is 1. The predicted octanol–water partition coefficient (Wildman–Crippen LogP) is -0.512. The molecule has 0 bridgehead atoms. The normalized spacial score (nSPS) is 38.3. The van der Waals surface area contributed by atoms with Crippen molar-refractivity contribution < 1.29 is 24.1 Å². The molecule has 6 nitrogen and oxygen atoms in total. The highest BCUT2D eigenvalue weighted by atomic mass is 16.7. The summed E-state index contributed by atoms with van der Waals surface area (Å²) in [5.74, 6) is 0. The van der Waals surface area contributed by atoms with Gasteiger partial charge >= 0.3 is 0 Å². The molecule has 1 aliphatic heterocycles. The summed E-state index contributed by atoms with van der Waals surface area (Å²) in [5, 5.41) is 9.72. The Morgan fingerprint density at radius 2 is 1.76 bits per heavy atom. The van der Waals surface area contributed by atoms with Gasteiger partial charge in [-0.05, 0) is 13.8 Å². The summed E-state index contributed by atoms with van der Waals surface area (Å²) in [4.78, 5) is 0. The maximum absolute atomic E-state index is 9.72. The first-order valence-corrected chi connectivity index (χ1v) is 5.96. The van der Waals surface area contributed by atoms with E-state index in [0.29, 0.717) is 19.8 Å². The fraction of sp³-hybridized carbons (Fsp3) is 1.00. The van der Waals surface area contributed by atoms with Crippen LogP contribution in [0.2, 0.25) is 0 Å². The van der Waals surface area contributed by atoms with Gasteiger partial charge in [0.25, 0.3) is 0 Å². The van der Waals surface area contributed by atoms with Crippen molar-refractivity contribution in [1.29, 1.82) is 0 Å². The number of rotatable bonds is 6. The lowest BCUT2D eigenvalue weighted by molar-refractivity contribution is -0.266. The van der Waals surface area contributed by atoms with Crippen LogP contribution in [-0.2, 0) is 18.9 Å². The molecule has 0 aromatic heterocycles. The predicted molar refractivity (Wildman–Crippen MR) is 61.6 cm³/mol. The summed E-state index contributed by atoms with van der Waals surface area (Å²) in [6.07, 6.45) is -2.13. The third kappa shape index (κ3) is 3.61. The van der Waals surface area contributed by atoms with E-state index in [4.69, 9.17) is 24.7 Å². The second-order valence-electron chi connectivity index (χ2n) is 3.94. The van der Waals surface area contributed by atoms with Crippen LogP contribution < -0.4 is 5.73 Å². The van der Waals surface area contributed by atoms with Gasteiger partial charge < -0.3 is 29.8 Å². The van der Waals surface area contributed by atoms with Crippen LogP contribution in [-0.4, -0.2) is 62.7 Å². The van der Waals surface area contributed by atoms with Crippen LogP contribution in [0.25, 0.3) is 0 Å². The van der Waals surface area contributed by atoms with E-state index in [1.165, 1.54) is 0 Å². The lowest BCUT2D eigenvalue weighted by Crippen LogP contribution is -2.63. The van der Waals surface area contributed by atoms with Gasteiger partial charge in [0.15, 0.2) is 6.29 Å². The van der Waals surface area contributed by atoms with Crippen molar-refractivity contribution in [3.05, 3.63) is 0 Å². The summed E-state index contributed by atoms with van der Waals surface area (Å²) >= 11 is 0. The Hall–Kier alpha value is -0.240. The highest BCUT2D eigenvalue weighted by Crippen LogP contribution is 2.24. The van der Waals surface area contributed by atoms with Gasteiger partial charge in [-0.15, -0.1) is 0 Å². The van der Waals surface area contributed by atoms with Crippen LogP contribution in [0.1, 0.15) is 13.8 Å². The highest BCUT2D eigenvalue weighted by Gasteiger charge is 2.44. The third-order valence-corrected chi connectivity index (χ3v) is 2.76. The van der Waals surface area contributed by atoms with Crippen LogP contribution >= 0.6 is 0 Å². The topological polar surface area (TPSA) is 83.2 Å². The van der Waals surface area contributed by atoms with Crippen molar-refractivity contribution in [3.63, 3.8) is 0 Å². The quantitative estimate of drug-likeness (QED) is 0.659. The van der Waals surface area contributed by atoms with E-state index in [2.05, 4.69) is 0 Å². The molecule has 0 aliphatic carbocycles. The van der Waals surface area contributed by atoms with Crippen molar-refractivity contribution in [2.75, 3.05) is 26.9 Å². The SMILES string of the molecule is CCO[C@H]1[C@H](OCC)[C@@H](N)C(O)O[C@@H]1COC. The van der Waals surface area contributed by atoms with Crippen LogP contribution in [0.4, 0.5) is 0 Å². The van der Waals surface area contributed by atoms with E-state index in [1.807, 2.05) is 13.8 Å². The summed E-state index contributed by atoms with van der Waals surface area (Å²) in [5.41, 5.74) is 5.87. The van der Waals surface area contributed by atoms with Gasteiger partial charge in [-0.25, -0.2) is 0 Å². The molecule has 1 fully saturated rings. The molecule has 17 heavy (non-hydrogen) atoms. The maximum atomic E-state index is 9.72. The van der Waals surface area contributed by atoms with Gasteiger partial charge in [0.05, 0.1) is 12.6 Å². The molecule has 0 amide bonds. The van der Waals surface area contributed by atoms with Gasteiger partial charge in [-0.3, -0.25) is 0 Å². The van der Waals surface area contributed by atoms with Crippen molar-refractivity contribution in [3.8, 4) is 0 Å². The average Bonchev–Trinajstić information content (AvgIpc) is 2.30. The molecule has 1 saturated heterocycles. The Bertz CT molecular complexity index is 216. The molecule has 3 N–H and O–H groups in total. The largest absolute Gasteiger partial charge is 0.382 e. The van der Waals surface area contributed by atoms with Crippen molar-refractivity contribution in [2.45, 2.75) is 44.5 Å². The summed E-state index contributed by atoms with van der Waals surface area (Å²) in [7, 11) is 1.57. The molecule has 0 aromatic rings. The number of hydrogen-bond donors (Lipinski definition) is 2. The Morgan fingerprint density at radius 3 is 2.29 bits per heavy atom. The minimum atomic E-state index is -1.05. The molecule has 0 saturated carbocycles. The molecule has 1 heterocycles. The summed E-state index contributed by atoms with van der Waals surface area (Å²) < 4.78 is 21.6. The van der Waals surface area contributed by atoms with Crippen LogP contribution in [0.5, 0.6) is 0 Å². The molecule has 0 aromatic carbocycles. The first-order valence-electron chi connectivity index (χ1n) is 5.96. The zero-order valence-electron chi connectivity index (χ0n) is 10.7. The Labute approximate surface area is 102 Å². The number of methoxy groups -OCH3 is 1. The lowest BCUT2D eigenvalue weighted by atomic mass is 9.97. The Balaban J connectivity index is 2.77. The van der Waals surface area contributed by atoms with E-state index >= 15 is 0 Å². The minimum absolute atomic E-state index is 0.321. The van der Waals surface area contributed by atoms with Gasteiger partial charge in [0, 0.05) is 20.3 Å². The lowest BCUT2D eigenvalue weighted by Gasteiger charge is -2.43. The molecule has 1 aliphatic rings.